The minimum atomic E-state index is 0.668. The third kappa shape index (κ3) is 5.45. The van der Waals surface area contributed by atoms with Gasteiger partial charge in [0.05, 0.1) is 20.8 Å². The van der Waals surface area contributed by atoms with E-state index in [1.54, 1.807) is 32.5 Å². The number of piperidine rings is 1. The fraction of sp³-hybridized carbons (Fsp3) is 0.556. The summed E-state index contributed by atoms with van der Waals surface area (Å²) in [5.74, 6) is 2.31. The predicted molar refractivity (Wildman–Crippen MR) is 129 cm³/mol. The van der Waals surface area contributed by atoms with Crippen LogP contribution in [0.4, 0.5) is 0 Å². The van der Waals surface area contributed by atoms with Crippen molar-refractivity contribution in [2.45, 2.75) is 38.3 Å². The molecular weight excluding hydrogens is 400 g/mol. The minimum absolute atomic E-state index is 0.668. The highest BCUT2D eigenvalue weighted by molar-refractivity contribution is 5.46. The van der Waals surface area contributed by atoms with Crippen LogP contribution >= 0.6 is 0 Å². The number of ether oxygens (including phenoxy) is 3. The van der Waals surface area contributed by atoms with Crippen LogP contribution in [0.2, 0.25) is 0 Å². The van der Waals surface area contributed by atoms with Crippen molar-refractivity contribution in [1.82, 2.24) is 9.80 Å². The molecule has 1 aliphatic heterocycles. The summed E-state index contributed by atoms with van der Waals surface area (Å²) >= 11 is 0. The average molecular weight is 439 g/mol. The Morgan fingerprint density at radius 1 is 0.969 bits per heavy atom. The molecule has 174 valence electrons. The summed E-state index contributed by atoms with van der Waals surface area (Å²) < 4.78 is 16.6. The van der Waals surface area contributed by atoms with Crippen LogP contribution in [0.15, 0.2) is 42.5 Å². The number of hydrogen-bond acceptors (Lipinski definition) is 5. The van der Waals surface area contributed by atoms with Crippen molar-refractivity contribution in [2.24, 2.45) is 5.92 Å². The Kier molecular flexibility index (Phi) is 8.06. The van der Waals surface area contributed by atoms with Crippen LogP contribution in [0.25, 0.3) is 0 Å². The fourth-order valence-electron chi connectivity index (χ4n) is 5.51. The lowest BCUT2D eigenvalue weighted by molar-refractivity contribution is 0.0840. The number of hydrogen-bond donors (Lipinski definition) is 0. The van der Waals surface area contributed by atoms with E-state index >= 15 is 0 Å². The van der Waals surface area contributed by atoms with Crippen LogP contribution in [-0.2, 0) is 24.1 Å². The molecule has 4 rings (SSSR count). The number of rotatable bonds is 10. The van der Waals surface area contributed by atoms with E-state index in [2.05, 4.69) is 40.1 Å². The van der Waals surface area contributed by atoms with Crippen molar-refractivity contribution in [2.75, 3.05) is 54.1 Å². The third-order valence-corrected chi connectivity index (χ3v) is 7.10. The first kappa shape index (κ1) is 23.1. The molecule has 0 saturated carbocycles. The van der Waals surface area contributed by atoms with Crippen molar-refractivity contribution in [3.8, 4) is 11.5 Å². The molecule has 0 amide bonds. The molecule has 0 spiro atoms. The van der Waals surface area contributed by atoms with Crippen molar-refractivity contribution < 1.29 is 14.2 Å². The number of nitrogens with zero attached hydrogens (tertiary/aromatic N) is 2. The topological polar surface area (TPSA) is 34.2 Å². The fourth-order valence-corrected chi connectivity index (χ4v) is 5.51. The van der Waals surface area contributed by atoms with Gasteiger partial charge in [0.15, 0.2) is 11.5 Å². The highest BCUT2D eigenvalue weighted by Crippen LogP contribution is 2.32. The quantitative estimate of drug-likeness (QED) is 0.560. The first-order chi connectivity index (χ1) is 15.7. The molecule has 2 aliphatic rings. The maximum atomic E-state index is 5.69. The Balaban J connectivity index is 1.40. The van der Waals surface area contributed by atoms with E-state index in [-0.39, 0.29) is 0 Å². The average Bonchev–Trinajstić information content (AvgIpc) is 3.27. The number of fused-ring (bicyclic) bond motifs is 1. The molecule has 1 heterocycles. The zero-order valence-electron chi connectivity index (χ0n) is 19.9. The van der Waals surface area contributed by atoms with Gasteiger partial charge in [-0.3, -0.25) is 9.80 Å². The lowest BCUT2D eigenvalue weighted by Crippen LogP contribution is -2.46. The largest absolute Gasteiger partial charge is 0.493 e. The Hall–Kier alpha value is -2.08. The van der Waals surface area contributed by atoms with Crippen molar-refractivity contribution >= 4 is 0 Å². The molecule has 0 aromatic heterocycles. The predicted octanol–water partition coefficient (Wildman–Crippen LogP) is 4.03. The Labute approximate surface area is 193 Å². The van der Waals surface area contributed by atoms with Gasteiger partial charge in [-0.25, -0.2) is 0 Å². The number of likely N-dealkylation sites (tertiary alicyclic amines) is 1. The van der Waals surface area contributed by atoms with E-state index in [9.17, 15) is 0 Å². The minimum Gasteiger partial charge on any atom is -0.493 e. The normalized spacial score (nSPS) is 19.3. The molecule has 0 bridgehead atoms. The van der Waals surface area contributed by atoms with Gasteiger partial charge in [0, 0.05) is 44.9 Å². The first-order valence-electron chi connectivity index (χ1n) is 11.9. The van der Waals surface area contributed by atoms with Gasteiger partial charge in [-0.05, 0) is 55.3 Å². The smallest absolute Gasteiger partial charge is 0.165 e. The molecular formula is C27H38N2O3. The summed E-state index contributed by atoms with van der Waals surface area (Å²) in [7, 11) is 5.20. The standard InChI is InChI=1S/C27H38N2O3/c1-30-15-14-28(20-24-11-6-12-26(31-2)27(24)32-3)18-21-8-7-13-29(19-21)25-16-22-9-4-5-10-23(22)17-25/h4-6,9-12,21,25H,7-8,13-20H2,1-3H3/t21-/m1/s1. The van der Waals surface area contributed by atoms with Gasteiger partial charge in [0.25, 0.3) is 0 Å². The monoisotopic (exact) mass is 438 g/mol. The Morgan fingerprint density at radius 2 is 1.75 bits per heavy atom. The maximum absolute atomic E-state index is 5.69. The number of para-hydroxylation sites is 1. The van der Waals surface area contributed by atoms with E-state index in [1.165, 1.54) is 44.3 Å². The number of benzene rings is 2. The summed E-state index contributed by atoms with van der Waals surface area (Å²) in [6.45, 7) is 6.01. The van der Waals surface area contributed by atoms with Gasteiger partial charge >= 0.3 is 0 Å². The van der Waals surface area contributed by atoms with E-state index < -0.39 is 0 Å². The summed E-state index contributed by atoms with van der Waals surface area (Å²) in [6, 6.07) is 15.8. The van der Waals surface area contributed by atoms with E-state index in [0.29, 0.717) is 12.0 Å². The molecule has 2 aromatic rings. The zero-order valence-corrected chi connectivity index (χ0v) is 19.9. The van der Waals surface area contributed by atoms with Crippen molar-refractivity contribution in [3.05, 3.63) is 59.2 Å². The third-order valence-electron chi connectivity index (χ3n) is 7.10. The van der Waals surface area contributed by atoms with Crippen LogP contribution in [0.5, 0.6) is 11.5 Å². The van der Waals surface area contributed by atoms with Gasteiger partial charge in [-0.15, -0.1) is 0 Å². The van der Waals surface area contributed by atoms with Crippen LogP contribution in [0.3, 0.4) is 0 Å². The molecule has 5 heteroatoms. The second kappa shape index (κ2) is 11.2. The summed E-state index contributed by atoms with van der Waals surface area (Å²) in [4.78, 5) is 5.28. The molecule has 32 heavy (non-hydrogen) atoms. The molecule has 0 N–H and O–H groups in total. The van der Waals surface area contributed by atoms with Crippen LogP contribution in [0, 0.1) is 5.92 Å². The first-order valence-corrected chi connectivity index (χ1v) is 11.9. The Morgan fingerprint density at radius 3 is 2.44 bits per heavy atom. The van der Waals surface area contributed by atoms with Gasteiger partial charge in [-0.1, -0.05) is 36.4 Å². The Bertz CT molecular complexity index is 847. The van der Waals surface area contributed by atoms with E-state index in [0.717, 1.165) is 37.7 Å². The zero-order chi connectivity index (χ0) is 22.3. The molecule has 0 unspecified atom stereocenters. The van der Waals surface area contributed by atoms with Gasteiger partial charge < -0.3 is 14.2 Å². The molecule has 1 fully saturated rings. The van der Waals surface area contributed by atoms with E-state index in [4.69, 9.17) is 14.2 Å². The molecule has 0 radical (unpaired) electrons. The van der Waals surface area contributed by atoms with Gasteiger partial charge in [0.1, 0.15) is 0 Å². The maximum Gasteiger partial charge on any atom is 0.165 e. The lowest BCUT2D eigenvalue weighted by atomic mass is 9.95. The van der Waals surface area contributed by atoms with Crippen molar-refractivity contribution in [1.29, 1.82) is 0 Å². The highest BCUT2D eigenvalue weighted by Gasteiger charge is 2.31. The van der Waals surface area contributed by atoms with E-state index in [1.807, 2.05) is 12.1 Å². The van der Waals surface area contributed by atoms with Gasteiger partial charge in [-0.2, -0.15) is 0 Å². The van der Waals surface area contributed by atoms with Crippen LogP contribution < -0.4 is 9.47 Å². The van der Waals surface area contributed by atoms with Crippen LogP contribution in [-0.4, -0.2) is 70.0 Å². The van der Waals surface area contributed by atoms with Gasteiger partial charge in [0.2, 0.25) is 0 Å². The molecule has 1 atom stereocenters. The summed E-state index contributed by atoms with van der Waals surface area (Å²) in [5, 5.41) is 0. The molecule has 1 saturated heterocycles. The SMILES string of the molecule is COCCN(Cc1cccc(OC)c1OC)C[C@H]1CCCN(C2Cc3ccccc3C2)C1. The molecule has 5 nitrogen and oxygen atoms in total. The van der Waals surface area contributed by atoms with Crippen molar-refractivity contribution in [3.63, 3.8) is 0 Å². The number of methoxy groups -OCH3 is 3. The second-order valence-electron chi connectivity index (χ2n) is 9.21. The molecule has 2 aromatic carbocycles. The van der Waals surface area contributed by atoms with Crippen LogP contribution in [0.1, 0.15) is 29.5 Å². The second-order valence-corrected chi connectivity index (χ2v) is 9.21. The molecule has 1 aliphatic carbocycles. The summed E-state index contributed by atoms with van der Waals surface area (Å²) in [6.07, 6.45) is 5.00. The lowest BCUT2D eigenvalue weighted by Gasteiger charge is -2.39. The highest BCUT2D eigenvalue weighted by atomic mass is 16.5. The summed E-state index contributed by atoms with van der Waals surface area (Å²) in [5.41, 5.74) is 4.26.